The Balaban J connectivity index is 1.05. The van der Waals surface area contributed by atoms with E-state index in [-0.39, 0.29) is 47.0 Å². The monoisotopic (exact) mass is 752 g/mol. The molecule has 5 fully saturated rings. The number of likely N-dealkylation sites (tertiary alicyclic amines) is 1. The lowest BCUT2D eigenvalue weighted by Gasteiger charge is -2.42. The molecule has 5 heterocycles. The van der Waals surface area contributed by atoms with Gasteiger partial charge in [-0.05, 0) is 99.5 Å². The number of amides is 3. The summed E-state index contributed by atoms with van der Waals surface area (Å²) in [5, 5.41) is 3.49. The van der Waals surface area contributed by atoms with E-state index < -0.39 is 31.5 Å². The van der Waals surface area contributed by atoms with E-state index in [0.29, 0.717) is 40.8 Å². The van der Waals surface area contributed by atoms with Crippen LogP contribution in [0.25, 0.3) is 10.1 Å². The van der Waals surface area contributed by atoms with Gasteiger partial charge in [-0.15, -0.1) is 11.3 Å². The zero-order valence-corrected chi connectivity index (χ0v) is 30.9. The summed E-state index contributed by atoms with van der Waals surface area (Å²) in [6.45, 7) is 2.20. The van der Waals surface area contributed by atoms with Crippen LogP contribution in [-0.2, 0) is 18.9 Å². The highest BCUT2D eigenvalue weighted by molar-refractivity contribution is 7.51. The molecule has 1 saturated carbocycles. The molecule has 278 valence electrons. The summed E-state index contributed by atoms with van der Waals surface area (Å²) in [4.78, 5) is 68.3. The second-order valence-electron chi connectivity index (χ2n) is 15.5. The third kappa shape index (κ3) is 6.84. The van der Waals surface area contributed by atoms with Gasteiger partial charge in [-0.3, -0.25) is 18.9 Å². The minimum Gasteiger partial charge on any atom is -0.377 e. The number of nitrogens with one attached hydrogen (secondary N) is 1. The molecule has 0 radical (unpaired) electrons. The van der Waals surface area contributed by atoms with Crippen molar-refractivity contribution in [1.82, 2.24) is 20.0 Å². The van der Waals surface area contributed by atoms with Gasteiger partial charge in [0.05, 0.1) is 11.0 Å². The number of hydrogen-bond donors (Lipinski definition) is 3. The average Bonchev–Trinajstić information content (AvgIpc) is 3.40. The average molecular weight is 753 g/mol. The van der Waals surface area contributed by atoms with Crippen molar-refractivity contribution in [2.75, 3.05) is 26.7 Å². The lowest BCUT2D eigenvalue weighted by molar-refractivity contribution is -0.148. The highest BCUT2D eigenvalue weighted by atomic mass is 32.1. The molecule has 4 saturated heterocycles. The Kier molecular flexibility index (Phi) is 9.58. The molecular formula is C38H46FN4O7PS. The van der Waals surface area contributed by atoms with Crippen molar-refractivity contribution < 1.29 is 37.9 Å². The first-order valence-corrected chi connectivity index (χ1v) is 20.9. The Morgan fingerprint density at radius 2 is 1.87 bits per heavy atom. The highest BCUT2D eigenvalue weighted by Crippen LogP contribution is 2.55. The molecule has 52 heavy (non-hydrogen) atoms. The number of nitrogens with zero attached hydrogens (tertiary/aromatic N) is 3. The van der Waals surface area contributed by atoms with E-state index in [2.05, 4.69) is 34.3 Å². The standard InChI is InChI=1S/C38H46FN4O7PS/c1-41(22-29-13-16-50-29)27-8-10-30(40-35(44)33-18-25-17-24(7-12-32(25)52-33)34(39)51(47,48)49)36(45)43-28(19-27)9-11-31(43)37(46)42-21-26(20-38(42)14-15-38)23-5-3-2-4-6-23/h2-7,12,17-18,26-31,34H,8-11,13-16,19-22H2,1H3,(H,40,44)(H2,47,48,49)/t26-,27+,28-,29+,30+,31+,34-/m1/s1. The first kappa shape index (κ1) is 35.8. The number of halogens is 1. The lowest BCUT2D eigenvalue weighted by Crippen LogP contribution is -2.59. The minimum atomic E-state index is -5.00. The molecule has 0 unspecified atom stereocenters. The maximum atomic E-state index is 14.6. The number of fused-ring (bicyclic) bond motifs is 2. The van der Waals surface area contributed by atoms with Crippen LogP contribution in [0.2, 0.25) is 0 Å². The van der Waals surface area contributed by atoms with E-state index in [1.165, 1.54) is 17.7 Å². The van der Waals surface area contributed by atoms with Gasteiger partial charge in [-0.1, -0.05) is 36.4 Å². The molecule has 7 atom stereocenters. The van der Waals surface area contributed by atoms with Crippen molar-refractivity contribution in [3.8, 4) is 0 Å². The van der Waals surface area contributed by atoms with Crippen molar-refractivity contribution in [2.24, 2.45) is 0 Å². The third-order valence-electron chi connectivity index (χ3n) is 12.2. The quantitative estimate of drug-likeness (QED) is 0.250. The van der Waals surface area contributed by atoms with E-state index in [1.54, 1.807) is 12.1 Å². The molecule has 8 rings (SSSR count). The largest absolute Gasteiger partial charge is 0.377 e. The molecule has 1 spiro atoms. The van der Waals surface area contributed by atoms with Crippen LogP contribution in [0.4, 0.5) is 4.39 Å². The molecule has 2 aromatic carbocycles. The molecule has 11 nitrogen and oxygen atoms in total. The number of alkyl halides is 1. The highest BCUT2D eigenvalue weighted by Gasteiger charge is 2.58. The summed E-state index contributed by atoms with van der Waals surface area (Å²) < 4.78 is 32.4. The van der Waals surface area contributed by atoms with Gasteiger partial charge >= 0.3 is 7.60 Å². The van der Waals surface area contributed by atoms with Crippen molar-refractivity contribution >= 4 is 46.7 Å². The summed E-state index contributed by atoms with van der Waals surface area (Å²) in [6.07, 6.45) is 7.24. The third-order valence-corrected chi connectivity index (χ3v) is 14.2. The predicted molar refractivity (Wildman–Crippen MR) is 195 cm³/mol. The molecule has 4 aliphatic heterocycles. The van der Waals surface area contributed by atoms with Gasteiger partial charge in [0.25, 0.3) is 5.91 Å². The van der Waals surface area contributed by atoms with Crippen LogP contribution in [-0.4, -0.2) is 105 Å². The summed E-state index contributed by atoms with van der Waals surface area (Å²) in [7, 11) is -2.91. The van der Waals surface area contributed by atoms with Crippen molar-refractivity contribution in [3.63, 3.8) is 0 Å². The van der Waals surface area contributed by atoms with Crippen molar-refractivity contribution in [3.05, 3.63) is 70.6 Å². The number of thiophene rings is 1. The lowest BCUT2D eigenvalue weighted by atomic mass is 9.93. The Labute approximate surface area is 306 Å². The molecule has 0 bridgehead atoms. The van der Waals surface area contributed by atoms with Crippen LogP contribution in [0.15, 0.2) is 54.6 Å². The van der Waals surface area contributed by atoms with E-state index in [1.807, 2.05) is 23.1 Å². The SMILES string of the molecule is CN(C[C@@H]1CCO1)[C@H]1CC[C@H](NC(=O)c2cc3cc([C@H](F)P(=O)(O)O)ccc3s2)C(=O)N2[C@H](CC[C@H]2C(=O)N2C[C@H](c3ccccc3)CC23CC3)C1. The van der Waals surface area contributed by atoms with Gasteiger partial charge < -0.3 is 34.5 Å². The Morgan fingerprint density at radius 1 is 1.10 bits per heavy atom. The van der Waals surface area contributed by atoms with Gasteiger partial charge in [0.15, 0.2) is 0 Å². The van der Waals surface area contributed by atoms with Crippen LogP contribution in [0.1, 0.15) is 90.4 Å². The molecule has 3 N–H and O–H groups in total. The number of carbonyl (C=O) groups is 3. The Morgan fingerprint density at radius 3 is 2.56 bits per heavy atom. The molecule has 1 aliphatic carbocycles. The number of hydrogen-bond acceptors (Lipinski definition) is 7. The maximum absolute atomic E-state index is 14.6. The molecule has 5 aliphatic rings. The van der Waals surface area contributed by atoms with Crippen LogP contribution >= 0.6 is 18.9 Å². The topological polar surface area (TPSA) is 140 Å². The Hall–Kier alpha value is -3.19. The van der Waals surface area contributed by atoms with Gasteiger partial charge in [-0.2, -0.15) is 0 Å². The van der Waals surface area contributed by atoms with Crippen LogP contribution in [0.5, 0.6) is 0 Å². The molecule has 3 aromatic rings. The number of rotatable bonds is 9. The zero-order chi connectivity index (χ0) is 36.4. The summed E-state index contributed by atoms with van der Waals surface area (Å²) in [6, 6.07) is 14.7. The van der Waals surface area contributed by atoms with E-state index >= 15 is 0 Å². The van der Waals surface area contributed by atoms with Gasteiger partial charge in [-0.25, -0.2) is 4.39 Å². The second-order valence-corrected chi connectivity index (χ2v) is 18.2. The minimum absolute atomic E-state index is 0.0204. The molecular weight excluding hydrogens is 706 g/mol. The summed E-state index contributed by atoms with van der Waals surface area (Å²) in [5.41, 5.74) is 0.929. The normalized spacial score (nSPS) is 29.1. The number of carbonyl (C=O) groups excluding carboxylic acids is 3. The van der Waals surface area contributed by atoms with Crippen LogP contribution in [0.3, 0.4) is 0 Å². The van der Waals surface area contributed by atoms with Crippen molar-refractivity contribution in [2.45, 2.75) is 105 Å². The Bertz CT molecular complexity index is 1900. The number of ether oxygens (including phenoxy) is 1. The van der Waals surface area contributed by atoms with Crippen LogP contribution < -0.4 is 5.32 Å². The maximum Gasteiger partial charge on any atom is 0.363 e. The van der Waals surface area contributed by atoms with E-state index in [9.17, 15) is 33.1 Å². The summed E-state index contributed by atoms with van der Waals surface area (Å²) >= 11 is 1.16. The first-order chi connectivity index (χ1) is 24.9. The molecule has 3 amide bonds. The fourth-order valence-corrected chi connectivity index (χ4v) is 10.6. The molecule has 14 heteroatoms. The van der Waals surface area contributed by atoms with Gasteiger partial charge in [0.2, 0.25) is 17.7 Å². The second kappa shape index (κ2) is 13.9. The molecule has 1 aromatic heterocycles. The number of likely N-dealkylation sites (N-methyl/N-ethyl adjacent to an activating group) is 1. The van der Waals surface area contributed by atoms with E-state index in [4.69, 9.17) is 4.74 Å². The van der Waals surface area contributed by atoms with E-state index in [0.717, 1.165) is 63.0 Å². The van der Waals surface area contributed by atoms with Gasteiger partial charge in [0.1, 0.15) is 12.1 Å². The van der Waals surface area contributed by atoms with Crippen molar-refractivity contribution in [1.29, 1.82) is 0 Å². The number of benzene rings is 2. The van der Waals surface area contributed by atoms with Crippen LogP contribution in [0, 0.1) is 0 Å². The fourth-order valence-electron chi connectivity index (χ4n) is 9.08. The predicted octanol–water partition coefficient (Wildman–Crippen LogP) is 5.33. The van der Waals surface area contributed by atoms with Gasteiger partial charge in [0, 0.05) is 47.9 Å². The summed E-state index contributed by atoms with van der Waals surface area (Å²) in [5.74, 6) is -2.87. The fraction of sp³-hybridized carbons (Fsp3) is 0.553. The first-order valence-electron chi connectivity index (χ1n) is 18.4. The smallest absolute Gasteiger partial charge is 0.363 e. The zero-order valence-electron chi connectivity index (χ0n) is 29.2.